The van der Waals surface area contributed by atoms with Crippen LogP contribution in [0, 0.1) is 29.6 Å². The number of guanidine groups is 1. The third-order valence-electron chi connectivity index (χ3n) is 21.4. The maximum atomic E-state index is 14.7. The molecule has 0 saturated carbocycles. The number of carbonyl (C=O) groups excluding carboxylic acids is 17. The van der Waals surface area contributed by atoms with E-state index < -0.39 is 241 Å². The number of nitrogens with zero attached hydrogens (tertiary/aromatic N) is 1. The van der Waals surface area contributed by atoms with Crippen LogP contribution in [0.4, 0.5) is 0 Å². The molecule has 0 aromatic carbocycles. The third kappa shape index (κ3) is 46.4. The fraction of sp³-hybridized carbons (Fsp3) is 0.774. The van der Waals surface area contributed by atoms with Crippen molar-refractivity contribution in [3.8, 4) is 0 Å². The van der Waals surface area contributed by atoms with Gasteiger partial charge >= 0.3 is 5.97 Å². The number of rotatable bonds is 68. The summed E-state index contributed by atoms with van der Waals surface area (Å²) in [4.78, 5) is 254. The number of carbonyl (C=O) groups is 18. The van der Waals surface area contributed by atoms with Gasteiger partial charge in [0.2, 0.25) is 100 Å². The Kier molecular flexibility index (Phi) is 58.6. The predicted octanol–water partition coefficient (Wildman–Crippen LogP) is -7.74. The summed E-state index contributed by atoms with van der Waals surface area (Å²) in [7, 11) is 0. The largest absolute Gasteiger partial charge is 0.480 e. The highest BCUT2D eigenvalue weighted by Crippen LogP contribution is 2.18. The summed E-state index contributed by atoms with van der Waals surface area (Å²) < 4.78 is 0. The number of aliphatic hydroxyl groups is 4. The van der Waals surface area contributed by atoms with Gasteiger partial charge in [0.25, 0.3) is 0 Å². The lowest BCUT2D eigenvalue weighted by Crippen LogP contribution is -2.62. The van der Waals surface area contributed by atoms with Crippen molar-refractivity contribution in [2.45, 2.75) is 320 Å². The van der Waals surface area contributed by atoms with Crippen LogP contribution in [0.5, 0.6) is 0 Å². The average molecular weight is 1900 g/mol. The SMILES string of the molecule is CC[C@H](C)[C@H](NC(=O)[C@H](CCSC)NC(=O)[C@H](CC(C)C)NC(=O)[C@@H]1CCCN1)C(=O)N[C@@H](CCCCN)C(=O)N[C@@H](CCCN=C(N)N)C(=O)N[C@@H](CO)C(=O)N[C@@H](CCCCN)C(=O)N[C@@H](CCCCN)C(=O)N[C@@H](CC(N)=O)C(=O)N[C@@H](CO)C(=O)N[C@@H](CC(C)C)C(=O)N[C@@H](C)C(=O)N[C@@H](CC(C)C)C(=O)N[C@@H](CO)C(=O)N[C@@H](CC(C)C)C(=O)N[C@H](C(=O)O)[C@@H](C)O. The van der Waals surface area contributed by atoms with Crippen LogP contribution in [0.3, 0.4) is 0 Å². The van der Waals surface area contributed by atoms with Gasteiger partial charge in [-0.25, -0.2) is 4.79 Å². The van der Waals surface area contributed by atoms with Crippen LogP contribution < -0.4 is 125 Å². The number of thioether (sulfide) groups is 1. The molecule has 132 heavy (non-hydrogen) atoms. The predicted molar refractivity (Wildman–Crippen MR) is 491 cm³/mol. The van der Waals surface area contributed by atoms with Gasteiger partial charge in [-0.1, -0.05) is 75.7 Å². The van der Waals surface area contributed by atoms with Gasteiger partial charge in [-0.05, 0) is 197 Å². The average Bonchev–Trinajstić information content (AvgIpc) is 0.948. The van der Waals surface area contributed by atoms with Crippen molar-refractivity contribution in [2.24, 2.45) is 69.0 Å². The summed E-state index contributed by atoms with van der Waals surface area (Å²) in [6.45, 7) is 17.4. The summed E-state index contributed by atoms with van der Waals surface area (Å²) in [6, 6.07) is -25.2. The van der Waals surface area contributed by atoms with Crippen LogP contribution in [0.1, 0.15) is 212 Å². The molecular formula is C84H154N24O23S. The van der Waals surface area contributed by atoms with Gasteiger partial charge in [0.05, 0.1) is 38.4 Å². The lowest BCUT2D eigenvalue weighted by molar-refractivity contribution is -0.145. The molecule has 0 spiro atoms. The topological polar surface area (TPSA) is 781 Å². The first-order valence-electron chi connectivity index (χ1n) is 45.4. The van der Waals surface area contributed by atoms with E-state index in [1.807, 2.05) is 20.1 Å². The maximum Gasteiger partial charge on any atom is 0.328 e. The lowest BCUT2D eigenvalue weighted by Gasteiger charge is -2.30. The van der Waals surface area contributed by atoms with Gasteiger partial charge < -0.3 is 150 Å². The van der Waals surface area contributed by atoms with E-state index in [1.54, 1.807) is 55.4 Å². The number of aliphatic hydroxyl groups excluding tert-OH is 4. The van der Waals surface area contributed by atoms with E-state index in [0.29, 0.717) is 31.6 Å². The smallest absolute Gasteiger partial charge is 0.328 e. The molecule has 1 heterocycles. The molecule has 0 aliphatic carbocycles. The standard InChI is InChI=1S/C84H154N24O23S/c1-14-47(10)65(107-73(120)55(28-34-132-13)97-75(122)58(37-45(6)7)100-68(115)50-26-21-32-91-50)82(129)98-53(25-17-20-31-87)70(117)95-54(27-22-33-92-84(89)90)72(119)104-61(40-109)79(126)96-51(23-15-18-29-85)69(116)94-52(24-16-19-30-86)71(118)103-60(39-64(88)113)77(124)106-63(42-111)80(127)101-56(35-43(2)3)74(121)93-48(11)67(114)99-57(36-44(4)5)76(123)105-62(41-110)81(128)102-59(38-46(8)9)78(125)108-66(49(12)112)83(130)131/h43-63,65-66,91,109-112H,14-42,85-87H2,1-13H3,(H2,88,113)(H,93,121)(H,94,116)(H,95,117)(H,96,126)(H,97,122)(H,98,129)(H,99,114)(H,100,115)(H,101,127)(H,102,128)(H,103,118)(H,104,119)(H,105,123)(H,106,124)(H,107,120)(H,108,125)(H,130,131)(H4,89,90,92)/t47-,48-,49+,50-,51-,52-,53-,54-,55-,56-,57-,58-,59-,60-,61-,62-,63-,65-,66-/m0/s1. The molecule has 34 N–H and O–H groups in total. The van der Waals surface area contributed by atoms with E-state index in [2.05, 4.69) is 95.4 Å². The van der Waals surface area contributed by atoms with Crippen LogP contribution in [0.15, 0.2) is 4.99 Å². The summed E-state index contributed by atoms with van der Waals surface area (Å²) in [5.74, 6) is -19.4. The molecule has 1 saturated heterocycles. The number of primary amides is 1. The fourth-order valence-corrected chi connectivity index (χ4v) is 14.3. The Labute approximate surface area is 776 Å². The molecule has 0 unspecified atom stereocenters. The quantitative estimate of drug-likeness (QED) is 0.0153. The van der Waals surface area contributed by atoms with E-state index in [-0.39, 0.29) is 158 Å². The Hall–Kier alpha value is -10.2. The van der Waals surface area contributed by atoms with E-state index in [0.717, 1.165) is 13.3 Å². The third-order valence-corrected chi connectivity index (χ3v) is 22.0. The first-order chi connectivity index (χ1) is 62.2. The van der Waals surface area contributed by atoms with Crippen LogP contribution in [0.2, 0.25) is 0 Å². The highest BCUT2D eigenvalue weighted by Gasteiger charge is 2.41. The van der Waals surface area contributed by atoms with Crippen LogP contribution in [-0.2, 0) is 86.3 Å². The summed E-state index contributed by atoms with van der Waals surface area (Å²) >= 11 is 1.41. The minimum Gasteiger partial charge on any atom is -0.480 e. The first kappa shape index (κ1) is 120. The van der Waals surface area contributed by atoms with E-state index >= 15 is 0 Å². The highest BCUT2D eigenvalue weighted by atomic mass is 32.2. The highest BCUT2D eigenvalue weighted by molar-refractivity contribution is 7.98. The van der Waals surface area contributed by atoms with E-state index in [9.17, 15) is 112 Å². The minimum atomic E-state index is -1.95. The number of hydrogen-bond acceptors (Lipinski definition) is 28. The molecule has 1 rings (SSSR count). The van der Waals surface area contributed by atoms with Crippen molar-refractivity contribution in [1.29, 1.82) is 0 Å². The second-order valence-electron chi connectivity index (χ2n) is 34.9. The van der Waals surface area contributed by atoms with Gasteiger partial charge in [-0.2, -0.15) is 11.8 Å². The number of carboxylic acids is 1. The minimum absolute atomic E-state index is 0.0166. The molecule has 0 aromatic rings. The normalized spacial score (nSPS) is 16.6. The van der Waals surface area contributed by atoms with E-state index in [4.69, 9.17) is 34.4 Å². The molecule has 17 amide bonds. The molecule has 1 aliphatic rings. The molecule has 48 heteroatoms. The Balaban J connectivity index is 3.63. The van der Waals surface area contributed by atoms with Gasteiger partial charge in [-0.3, -0.25) is 86.5 Å². The molecule has 0 radical (unpaired) electrons. The van der Waals surface area contributed by atoms with Crippen molar-refractivity contribution < 1.29 is 112 Å². The van der Waals surface area contributed by atoms with Crippen molar-refractivity contribution in [3.63, 3.8) is 0 Å². The van der Waals surface area contributed by atoms with Gasteiger partial charge in [0.15, 0.2) is 12.0 Å². The van der Waals surface area contributed by atoms with Crippen LogP contribution in [-0.4, -0.2) is 311 Å². The van der Waals surface area contributed by atoms with Gasteiger partial charge in [-0.15, -0.1) is 0 Å². The van der Waals surface area contributed by atoms with Crippen molar-refractivity contribution in [2.75, 3.05) is 64.6 Å². The summed E-state index contributed by atoms with van der Waals surface area (Å²) in [6.07, 6.45) is 2.02. The van der Waals surface area contributed by atoms with Crippen LogP contribution in [0.25, 0.3) is 0 Å². The molecular weight excluding hydrogens is 1750 g/mol. The van der Waals surface area contributed by atoms with Crippen molar-refractivity contribution >= 4 is 124 Å². The summed E-state index contributed by atoms with van der Waals surface area (Å²) in [5.41, 5.74) is 34.3. The van der Waals surface area contributed by atoms with Gasteiger partial charge in [0, 0.05) is 6.54 Å². The fourth-order valence-electron chi connectivity index (χ4n) is 13.8. The molecule has 47 nitrogen and oxygen atoms in total. The molecule has 0 bridgehead atoms. The van der Waals surface area contributed by atoms with Crippen LogP contribution >= 0.6 is 11.8 Å². The van der Waals surface area contributed by atoms with Crippen molar-refractivity contribution in [1.82, 2.24) is 90.4 Å². The zero-order chi connectivity index (χ0) is 100. The second-order valence-corrected chi connectivity index (χ2v) is 35.9. The van der Waals surface area contributed by atoms with Crippen molar-refractivity contribution in [3.05, 3.63) is 0 Å². The zero-order valence-corrected chi connectivity index (χ0v) is 79.5. The number of amides is 17. The molecule has 754 valence electrons. The molecule has 1 aliphatic heterocycles. The Morgan fingerprint density at radius 1 is 0.379 bits per heavy atom. The number of nitrogens with two attached hydrogens (primary N) is 6. The Morgan fingerprint density at radius 3 is 1.02 bits per heavy atom. The second kappa shape index (κ2) is 64.6. The Morgan fingerprint density at radius 2 is 0.682 bits per heavy atom. The lowest BCUT2D eigenvalue weighted by atomic mass is 9.96. The summed E-state index contributed by atoms with van der Waals surface area (Å²) in [5, 5.41) is 94.4. The number of aliphatic imine (C=N–C) groups is 1. The molecule has 0 aromatic heterocycles. The van der Waals surface area contributed by atoms with Gasteiger partial charge in [0.1, 0.15) is 90.6 Å². The Bertz CT molecular complexity index is 3730. The number of aliphatic carboxylic acids is 1. The zero-order valence-electron chi connectivity index (χ0n) is 78.7. The first-order valence-corrected chi connectivity index (χ1v) is 46.8. The number of unbranched alkanes of at least 4 members (excludes halogenated alkanes) is 3. The number of nitrogens with one attached hydrogen (secondary N) is 17. The maximum absolute atomic E-state index is 14.7. The van der Waals surface area contributed by atoms with E-state index in [1.165, 1.54) is 18.7 Å². The number of hydrogen-bond donors (Lipinski definition) is 28. The monoisotopic (exact) mass is 1900 g/mol. The molecule has 1 fully saturated rings. The number of carboxylic acid groups (broad SMARTS) is 1. The molecule has 19 atom stereocenters.